The molecule has 1 saturated carbocycles. The molecule has 1 aromatic rings. The minimum Gasteiger partial charge on any atom is -0.356 e. The third-order valence-electron chi connectivity index (χ3n) is 4.23. The summed E-state index contributed by atoms with van der Waals surface area (Å²) in [5.41, 5.74) is 1.36. The fourth-order valence-electron chi connectivity index (χ4n) is 2.50. The number of hydrogen-bond acceptors (Lipinski definition) is 3. The van der Waals surface area contributed by atoms with Crippen LogP contribution in [0.5, 0.6) is 0 Å². The van der Waals surface area contributed by atoms with Crippen LogP contribution in [0.1, 0.15) is 25.3 Å². The number of hydrogen-bond donors (Lipinski definition) is 3. The van der Waals surface area contributed by atoms with E-state index in [1.165, 1.54) is 5.56 Å². The third-order valence-corrected chi connectivity index (χ3v) is 5.87. The lowest BCUT2D eigenvalue weighted by molar-refractivity contribution is 0.581. The molecule has 25 heavy (non-hydrogen) atoms. The second-order valence-electron chi connectivity index (χ2n) is 5.94. The number of rotatable bonds is 8. The van der Waals surface area contributed by atoms with E-state index in [9.17, 15) is 8.42 Å². The van der Waals surface area contributed by atoms with E-state index in [4.69, 9.17) is 11.6 Å². The molecule has 0 atom stereocenters. The molecule has 0 aromatic heterocycles. The normalized spacial score (nSPS) is 16.0. The molecular weight excluding hydrogens is 475 g/mol. The summed E-state index contributed by atoms with van der Waals surface area (Å²) in [6.45, 7) is 3.19. The molecule has 2 rings (SSSR count). The number of halogens is 2. The first-order valence-electron chi connectivity index (χ1n) is 8.09. The molecule has 0 radical (unpaired) electrons. The van der Waals surface area contributed by atoms with Crippen molar-refractivity contribution in [2.75, 3.05) is 32.4 Å². The highest BCUT2D eigenvalue weighted by Gasteiger charge is 2.44. The molecule has 142 valence electrons. The Hall–Kier alpha value is -0.580. The van der Waals surface area contributed by atoms with Crippen LogP contribution >= 0.6 is 35.6 Å². The summed E-state index contributed by atoms with van der Waals surface area (Å²) in [5.74, 6) is 0.751. The maximum Gasteiger partial charge on any atom is 0.211 e. The lowest BCUT2D eigenvalue weighted by Gasteiger charge is -2.19. The van der Waals surface area contributed by atoms with Gasteiger partial charge in [0.1, 0.15) is 0 Å². The molecule has 0 aliphatic heterocycles. The maximum atomic E-state index is 11.4. The molecule has 6 nitrogen and oxygen atoms in total. The van der Waals surface area contributed by atoms with Crippen molar-refractivity contribution < 1.29 is 8.42 Å². The molecule has 9 heteroatoms. The number of aliphatic imine (C=N–C) groups is 1. The lowest BCUT2D eigenvalue weighted by atomic mass is 9.96. The van der Waals surface area contributed by atoms with Crippen molar-refractivity contribution in [3.63, 3.8) is 0 Å². The number of guanidine groups is 1. The lowest BCUT2D eigenvalue weighted by Crippen LogP contribution is -2.44. The second-order valence-corrected chi connectivity index (χ2v) is 8.47. The van der Waals surface area contributed by atoms with E-state index in [1.807, 2.05) is 18.2 Å². The Bertz CT molecular complexity index is 693. The Morgan fingerprint density at radius 1 is 1.28 bits per heavy atom. The molecule has 3 N–H and O–H groups in total. The molecule has 0 saturated heterocycles. The Balaban J connectivity index is 0.00000312. The quantitative estimate of drug-likeness (QED) is 0.221. The molecule has 1 aliphatic carbocycles. The highest BCUT2D eigenvalue weighted by molar-refractivity contribution is 14.0. The van der Waals surface area contributed by atoms with Gasteiger partial charge in [-0.1, -0.05) is 23.7 Å². The predicted molar refractivity (Wildman–Crippen MR) is 115 cm³/mol. The Labute approximate surface area is 172 Å². The SMILES string of the molecule is CCS(=O)(=O)NCCNC(=NC)NCC1(c2cccc(Cl)c2)CC1.I. The Morgan fingerprint density at radius 3 is 2.56 bits per heavy atom. The first-order chi connectivity index (χ1) is 11.4. The summed E-state index contributed by atoms with van der Waals surface area (Å²) in [6, 6.07) is 7.99. The molecule has 0 heterocycles. The van der Waals surface area contributed by atoms with Crippen molar-refractivity contribution in [3.8, 4) is 0 Å². The first kappa shape index (κ1) is 22.5. The highest BCUT2D eigenvalue weighted by atomic mass is 127. The third kappa shape index (κ3) is 6.92. The zero-order valence-corrected chi connectivity index (χ0v) is 18.4. The molecule has 1 fully saturated rings. The van der Waals surface area contributed by atoms with Gasteiger partial charge >= 0.3 is 0 Å². The van der Waals surface area contributed by atoms with Gasteiger partial charge in [0.05, 0.1) is 5.75 Å². The number of benzene rings is 1. The van der Waals surface area contributed by atoms with Crippen LogP contribution < -0.4 is 15.4 Å². The largest absolute Gasteiger partial charge is 0.356 e. The van der Waals surface area contributed by atoms with Gasteiger partial charge in [-0.05, 0) is 37.5 Å². The van der Waals surface area contributed by atoms with Crippen LogP contribution in [0.15, 0.2) is 29.3 Å². The molecule has 1 aromatic carbocycles. The molecular formula is C16H26ClIN4O2S. The average molecular weight is 501 g/mol. The van der Waals surface area contributed by atoms with Crippen molar-refractivity contribution in [2.24, 2.45) is 4.99 Å². The number of sulfonamides is 1. The molecule has 0 bridgehead atoms. The molecule has 0 spiro atoms. The van der Waals surface area contributed by atoms with Gasteiger partial charge in [0, 0.05) is 37.1 Å². The summed E-state index contributed by atoms with van der Waals surface area (Å²) >= 11 is 6.09. The van der Waals surface area contributed by atoms with Gasteiger partial charge < -0.3 is 10.6 Å². The van der Waals surface area contributed by atoms with Crippen LogP contribution in [-0.2, 0) is 15.4 Å². The zero-order chi connectivity index (χ0) is 17.6. The summed E-state index contributed by atoms with van der Waals surface area (Å²) in [4.78, 5) is 4.18. The van der Waals surface area contributed by atoms with Crippen molar-refractivity contribution in [1.82, 2.24) is 15.4 Å². The average Bonchev–Trinajstić information content (AvgIpc) is 3.35. The van der Waals surface area contributed by atoms with Crippen molar-refractivity contribution in [3.05, 3.63) is 34.9 Å². The van der Waals surface area contributed by atoms with E-state index >= 15 is 0 Å². The van der Waals surface area contributed by atoms with Crippen LogP contribution in [0, 0.1) is 0 Å². The maximum absolute atomic E-state index is 11.4. The van der Waals surface area contributed by atoms with Crippen LogP contribution in [0.4, 0.5) is 0 Å². The number of nitrogens with zero attached hydrogens (tertiary/aromatic N) is 1. The van der Waals surface area contributed by atoms with Crippen molar-refractivity contribution >= 4 is 51.6 Å². The minimum atomic E-state index is -3.15. The van der Waals surface area contributed by atoms with E-state index < -0.39 is 10.0 Å². The summed E-state index contributed by atoms with van der Waals surface area (Å²) < 4.78 is 25.3. The number of nitrogens with one attached hydrogen (secondary N) is 3. The topological polar surface area (TPSA) is 82.6 Å². The zero-order valence-electron chi connectivity index (χ0n) is 14.5. The van der Waals surface area contributed by atoms with E-state index in [2.05, 4.69) is 26.4 Å². The van der Waals surface area contributed by atoms with Crippen LogP contribution in [0.25, 0.3) is 0 Å². The van der Waals surface area contributed by atoms with Crippen LogP contribution in [0.2, 0.25) is 5.02 Å². The van der Waals surface area contributed by atoms with E-state index in [0.717, 1.165) is 24.4 Å². The van der Waals surface area contributed by atoms with Gasteiger partial charge in [-0.3, -0.25) is 4.99 Å². The van der Waals surface area contributed by atoms with Crippen molar-refractivity contribution in [1.29, 1.82) is 0 Å². The summed E-state index contributed by atoms with van der Waals surface area (Å²) in [6.07, 6.45) is 2.24. The standard InChI is InChI=1S/C16H25ClN4O2S.HI/c1-3-24(22,23)21-10-9-19-15(18-2)20-12-16(7-8-16)13-5-4-6-14(17)11-13;/h4-6,11,21H,3,7-10,12H2,1-2H3,(H2,18,19,20);1H. The molecule has 0 amide bonds. The highest BCUT2D eigenvalue weighted by Crippen LogP contribution is 2.48. The minimum absolute atomic E-state index is 0. The molecule has 1 aliphatic rings. The first-order valence-corrected chi connectivity index (χ1v) is 10.1. The van der Waals surface area contributed by atoms with Gasteiger partial charge in [0.15, 0.2) is 5.96 Å². The Morgan fingerprint density at radius 2 is 2.00 bits per heavy atom. The van der Waals surface area contributed by atoms with Crippen LogP contribution in [0.3, 0.4) is 0 Å². The van der Waals surface area contributed by atoms with Gasteiger partial charge in [-0.15, -0.1) is 24.0 Å². The van der Waals surface area contributed by atoms with E-state index in [0.29, 0.717) is 19.0 Å². The smallest absolute Gasteiger partial charge is 0.211 e. The monoisotopic (exact) mass is 500 g/mol. The second kappa shape index (κ2) is 9.94. The summed E-state index contributed by atoms with van der Waals surface area (Å²) in [7, 11) is -1.45. The fourth-order valence-corrected chi connectivity index (χ4v) is 3.31. The van der Waals surface area contributed by atoms with E-state index in [-0.39, 0.29) is 35.1 Å². The van der Waals surface area contributed by atoms with Gasteiger partial charge in [-0.25, -0.2) is 13.1 Å². The van der Waals surface area contributed by atoms with Crippen LogP contribution in [-0.4, -0.2) is 46.8 Å². The van der Waals surface area contributed by atoms with Gasteiger partial charge in [0.25, 0.3) is 0 Å². The van der Waals surface area contributed by atoms with Gasteiger partial charge in [-0.2, -0.15) is 0 Å². The van der Waals surface area contributed by atoms with Crippen molar-refractivity contribution in [2.45, 2.75) is 25.2 Å². The Kier molecular flexibility index (Phi) is 8.93. The van der Waals surface area contributed by atoms with Gasteiger partial charge in [0.2, 0.25) is 10.0 Å². The molecule has 0 unspecified atom stereocenters. The summed E-state index contributed by atoms with van der Waals surface area (Å²) in [5, 5.41) is 7.19. The predicted octanol–water partition coefficient (Wildman–Crippen LogP) is 2.09. The fraction of sp³-hybridized carbons (Fsp3) is 0.562. The van der Waals surface area contributed by atoms with E-state index in [1.54, 1.807) is 14.0 Å².